The van der Waals surface area contributed by atoms with Crippen molar-refractivity contribution >= 4 is 5.78 Å². The number of carbonyl (C=O) groups is 1. The summed E-state index contributed by atoms with van der Waals surface area (Å²) in [6.45, 7) is 5.77. The van der Waals surface area contributed by atoms with Crippen LogP contribution in [0, 0.1) is 0 Å². The van der Waals surface area contributed by atoms with E-state index in [-0.39, 0.29) is 18.5 Å². The molecule has 3 heteroatoms. The van der Waals surface area contributed by atoms with Crippen molar-refractivity contribution in [2.45, 2.75) is 32.3 Å². The molecule has 2 rings (SSSR count). The Balaban J connectivity index is 1.87. The number of hydrogen-bond donors (Lipinski definition) is 0. The molecule has 0 N–H and O–H groups in total. The van der Waals surface area contributed by atoms with Gasteiger partial charge in [-0.2, -0.15) is 0 Å². The van der Waals surface area contributed by atoms with Gasteiger partial charge in [0.05, 0.1) is 12.7 Å². The van der Waals surface area contributed by atoms with E-state index in [1.165, 1.54) is 5.56 Å². The molecule has 1 heterocycles. The van der Waals surface area contributed by atoms with E-state index in [9.17, 15) is 4.79 Å². The zero-order valence-electron chi connectivity index (χ0n) is 11.0. The summed E-state index contributed by atoms with van der Waals surface area (Å²) < 4.78 is 10.7. The lowest BCUT2D eigenvalue weighted by Crippen LogP contribution is -2.18. The minimum atomic E-state index is 0.0391. The predicted octanol–water partition coefficient (Wildman–Crippen LogP) is 2.80. The molecule has 0 amide bonds. The summed E-state index contributed by atoms with van der Waals surface area (Å²) in [4.78, 5) is 11.9. The largest absolute Gasteiger partial charge is 0.379 e. The third-order valence-electron chi connectivity index (χ3n) is 3.24. The molecule has 0 bridgehead atoms. The molecular weight excluding hydrogens is 228 g/mol. The Labute approximate surface area is 108 Å². The topological polar surface area (TPSA) is 35.5 Å². The first kappa shape index (κ1) is 13.2. The molecule has 0 spiro atoms. The SMILES string of the molecule is CC(C)c1ccc(C(=O)COC2CCOC2)cc1. The average Bonchev–Trinajstić information content (AvgIpc) is 2.89. The molecule has 1 saturated heterocycles. The molecule has 1 aromatic rings. The molecule has 1 atom stereocenters. The monoisotopic (exact) mass is 248 g/mol. The molecule has 0 aliphatic carbocycles. The zero-order chi connectivity index (χ0) is 13.0. The van der Waals surface area contributed by atoms with Gasteiger partial charge in [0.1, 0.15) is 6.61 Å². The van der Waals surface area contributed by atoms with E-state index in [2.05, 4.69) is 13.8 Å². The lowest BCUT2D eigenvalue weighted by atomic mass is 10.0. The van der Waals surface area contributed by atoms with Crippen LogP contribution in [0.25, 0.3) is 0 Å². The van der Waals surface area contributed by atoms with E-state index in [0.717, 1.165) is 18.6 Å². The van der Waals surface area contributed by atoms with Crippen molar-refractivity contribution in [3.8, 4) is 0 Å². The number of ketones is 1. The van der Waals surface area contributed by atoms with E-state index in [1.807, 2.05) is 24.3 Å². The second-order valence-electron chi connectivity index (χ2n) is 5.00. The third kappa shape index (κ3) is 3.40. The van der Waals surface area contributed by atoms with Crippen LogP contribution in [0.2, 0.25) is 0 Å². The molecule has 1 aromatic carbocycles. The standard InChI is InChI=1S/C15H20O3/c1-11(2)12-3-5-13(6-4-12)15(16)10-18-14-7-8-17-9-14/h3-6,11,14H,7-10H2,1-2H3. The molecule has 0 saturated carbocycles. The Bertz CT molecular complexity index is 389. The van der Waals surface area contributed by atoms with Gasteiger partial charge in [-0.15, -0.1) is 0 Å². The first-order chi connectivity index (χ1) is 8.66. The Kier molecular flexibility index (Phi) is 4.50. The van der Waals surface area contributed by atoms with Crippen molar-refractivity contribution < 1.29 is 14.3 Å². The zero-order valence-corrected chi connectivity index (χ0v) is 11.0. The van der Waals surface area contributed by atoms with E-state index in [0.29, 0.717) is 12.5 Å². The van der Waals surface area contributed by atoms with Crippen LogP contribution in [0.15, 0.2) is 24.3 Å². The minimum Gasteiger partial charge on any atom is -0.379 e. The van der Waals surface area contributed by atoms with Crippen LogP contribution in [-0.4, -0.2) is 31.7 Å². The van der Waals surface area contributed by atoms with Gasteiger partial charge in [-0.3, -0.25) is 4.79 Å². The van der Waals surface area contributed by atoms with Gasteiger partial charge in [-0.1, -0.05) is 38.1 Å². The summed E-state index contributed by atoms with van der Waals surface area (Å²) >= 11 is 0. The Morgan fingerprint density at radius 1 is 1.39 bits per heavy atom. The smallest absolute Gasteiger partial charge is 0.188 e. The lowest BCUT2D eigenvalue weighted by Gasteiger charge is -2.10. The third-order valence-corrected chi connectivity index (χ3v) is 3.24. The molecule has 3 nitrogen and oxygen atoms in total. The van der Waals surface area contributed by atoms with Crippen LogP contribution in [-0.2, 0) is 9.47 Å². The average molecular weight is 248 g/mol. The van der Waals surface area contributed by atoms with Crippen molar-refractivity contribution in [2.75, 3.05) is 19.8 Å². The van der Waals surface area contributed by atoms with Gasteiger partial charge >= 0.3 is 0 Å². The van der Waals surface area contributed by atoms with E-state index < -0.39 is 0 Å². The van der Waals surface area contributed by atoms with E-state index >= 15 is 0 Å². The van der Waals surface area contributed by atoms with E-state index in [4.69, 9.17) is 9.47 Å². The fourth-order valence-corrected chi connectivity index (χ4v) is 1.98. The van der Waals surface area contributed by atoms with Crippen LogP contribution in [0.1, 0.15) is 42.1 Å². The summed E-state index contributed by atoms with van der Waals surface area (Å²) in [7, 11) is 0. The quantitative estimate of drug-likeness (QED) is 0.752. The molecule has 1 unspecified atom stereocenters. The molecule has 1 aliphatic heterocycles. The first-order valence-electron chi connectivity index (χ1n) is 6.49. The number of ether oxygens (including phenoxy) is 2. The second-order valence-corrected chi connectivity index (χ2v) is 5.00. The van der Waals surface area contributed by atoms with Gasteiger partial charge < -0.3 is 9.47 Å². The van der Waals surface area contributed by atoms with Crippen LogP contribution in [0.4, 0.5) is 0 Å². The maximum atomic E-state index is 11.9. The maximum absolute atomic E-state index is 11.9. The van der Waals surface area contributed by atoms with Gasteiger partial charge in [-0.05, 0) is 17.9 Å². The number of Topliss-reactive ketones (excluding diaryl/α,β-unsaturated/α-hetero) is 1. The maximum Gasteiger partial charge on any atom is 0.188 e. The first-order valence-corrected chi connectivity index (χ1v) is 6.49. The summed E-state index contributed by atoms with van der Waals surface area (Å²) in [6.07, 6.45) is 0.975. The predicted molar refractivity (Wildman–Crippen MR) is 70.0 cm³/mol. The van der Waals surface area contributed by atoms with E-state index in [1.54, 1.807) is 0 Å². The summed E-state index contributed by atoms with van der Waals surface area (Å²) in [6, 6.07) is 7.78. The highest BCUT2D eigenvalue weighted by atomic mass is 16.5. The number of carbonyl (C=O) groups excluding carboxylic acids is 1. The molecule has 1 aliphatic rings. The van der Waals surface area contributed by atoms with Crippen LogP contribution >= 0.6 is 0 Å². The Morgan fingerprint density at radius 2 is 2.11 bits per heavy atom. The van der Waals surface area contributed by atoms with Crippen molar-refractivity contribution in [1.82, 2.24) is 0 Å². The van der Waals surface area contributed by atoms with Gasteiger partial charge in [0.15, 0.2) is 5.78 Å². The van der Waals surface area contributed by atoms with Crippen molar-refractivity contribution in [2.24, 2.45) is 0 Å². The van der Waals surface area contributed by atoms with Crippen LogP contribution < -0.4 is 0 Å². The van der Waals surface area contributed by atoms with Gasteiger partial charge in [-0.25, -0.2) is 0 Å². The Hall–Kier alpha value is -1.19. The van der Waals surface area contributed by atoms with Gasteiger partial charge in [0.2, 0.25) is 0 Å². The summed E-state index contributed by atoms with van der Waals surface area (Å²) in [5, 5.41) is 0. The molecule has 0 aromatic heterocycles. The fraction of sp³-hybridized carbons (Fsp3) is 0.533. The summed E-state index contributed by atoms with van der Waals surface area (Å²) in [5.41, 5.74) is 1.97. The lowest BCUT2D eigenvalue weighted by molar-refractivity contribution is 0.0390. The molecular formula is C15H20O3. The van der Waals surface area contributed by atoms with Gasteiger partial charge in [0, 0.05) is 12.2 Å². The highest BCUT2D eigenvalue weighted by Crippen LogP contribution is 2.15. The fourth-order valence-electron chi connectivity index (χ4n) is 1.98. The highest BCUT2D eigenvalue weighted by molar-refractivity contribution is 5.97. The van der Waals surface area contributed by atoms with Crippen LogP contribution in [0.5, 0.6) is 0 Å². The normalized spacial score (nSPS) is 19.4. The number of rotatable bonds is 5. The van der Waals surface area contributed by atoms with Crippen molar-refractivity contribution in [3.05, 3.63) is 35.4 Å². The minimum absolute atomic E-state index is 0.0391. The molecule has 98 valence electrons. The van der Waals surface area contributed by atoms with Gasteiger partial charge in [0.25, 0.3) is 0 Å². The van der Waals surface area contributed by atoms with Crippen molar-refractivity contribution in [3.63, 3.8) is 0 Å². The molecule has 0 radical (unpaired) electrons. The molecule has 18 heavy (non-hydrogen) atoms. The second kappa shape index (κ2) is 6.12. The van der Waals surface area contributed by atoms with Crippen LogP contribution in [0.3, 0.4) is 0 Å². The number of hydrogen-bond acceptors (Lipinski definition) is 3. The Morgan fingerprint density at radius 3 is 2.67 bits per heavy atom. The summed E-state index contributed by atoms with van der Waals surface area (Å²) in [5.74, 6) is 0.526. The highest BCUT2D eigenvalue weighted by Gasteiger charge is 2.17. The van der Waals surface area contributed by atoms with Crippen molar-refractivity contribution in [1.29, 1.82) is 0 Å². The number of benzene rings is 1. The molecule has 1 fully saturated rings.